The molecular weight excluding hydrogens is 276 g/mol. The molecule has 0 saturated carbocycles. The number of furan rings is 1. The molecule has 0 aliphatic carbocycles. The van der Waals surface area contributed by atoms with E-state index in [1.165, 1.54) is 0 Å². The largest absolute Gasteiger partial charge is 0.463 e. The van der Waals surface area contributed by atoms with Gasteiger partial charge in [0.2, 0.25) is 0 Å². The van der Waals surface area contributed by atoms with Gasteiger partial charge in [-0.3, -0.25) is 5.43 Å². The molecular formula is C17H16N4O. The Morgan fingerprint density at radius 1 is 1.05 bits per heavy atom. The molecule has 0 amide bonds. The van der Waals surface area contributed by atoms with E-state index in [4.69, 9.17) is 4.42 Å². The number of nitrogens with one attached hydrogen (secondary N) is 1. The number of aryl methyl sites for hydroxylation is 1. The van der Waals surface area contributed by atoms with Crippen LogP contribution in [0.1, 0.15) is 17.0 Å². The van der Waals surface area contributed by atoms with Gasteiger partial charge in [0.25, 0.3) is 0 Å². The SMILES string of the molecule is Cc1nc(-c2ccccc2)nc(N/N=C\c2ccco2)c1C. The van der Waals surface area contributed by atoms with Crippen LogP contribution in [0.4, 0.5) is 5.82 Å². The van der Waals surface area contributed by atoms with Gasteiger partial charge >= 0.3 is 0 Å². The highest BCUT2D eigenvalue weighted by molar-refractivity contribution is 5.76. The molecule has 0 aliphatic rings. The lowest BCUT2D eigenvalue weighted by molar-refractivity contribution is 0.560. The number of aromatic nitrogens is 2. The molecule has 110 valence electrons. The summed E-state index contributed by atoms with van der Waals surface area (Å²) in [7, 11) is 0. The minimum atomic E-state index is 0.680. The summed E-state index contributed by atoms with van der Waals surface area (Å²) < 4.78 is 5.20. The summed E-state index contributed by atoms with van der Waals surface area (Å²) in [5.74, 6) is 2.05. The fourth-order valence-corrected chi connectivity index (χ4v) is 1.98. The second-order valence-corrected chi connectivity index (χ2v) is 4.86. The van der Waals surface area contributed by atoms with Crippen LogP contribution >= 0.6 is 0 Å². The minimum Gasteiger partial charge on any atom is -0.463 e. The molecule has 0 spiro atoms. The molecule has 1 N–H and O–H groups in total. The minimum absolute atomic E-state index is 0.680. The fourth-order valence-electron chi connectivity index (χ4n) is 1.98. The van der Waals surface area contributed by atoms with Gasteiger partial charge in [0.15, 0.2) is 11.6 Å². The van der Waals surface area contributed by atoms with Crippen molar-refractivity contribution in [2.45, 2.75) is 13.8 Å². The van der Waals surface area contributed by atoms with Gasteiger partial charge in [0.1, 0.15) is 5.76 Å². The van der Waals surface area contributed by atoms with Gasteiger partial charge in [0.05, 0.1) is 12.5 Å². The normalized spacial score (nSPS) is 11.0. The predicted octanol–water partition coefficient (Wildman–Crippen LogP) is 3.80. The van der Waals surface area contributed by atoms with Crippen molar-refractivity contribution in [2.75, 3.05) is 5.43 Å². The Kier molecular flexibility index (Phi) is 3.96. The van der Waals surface area contributed by atoms with Crippen molar-refractivity contribution in [1.29, 1.82) is 0 Å². The van der Waals surface area contributed by atoms with Crippen LogP contribution in [0.25, 0.3) is 11.4 Å². The first-order valence-corrected chi connectivity index (χ1v) is 6.97. The van der Waals surface area contributed by atoms with E-state index in [9.17, 15) is 0 Å². The van der Waals surface area contributed by atoms with Crippen molar-refractivity contribution in [2.24, 2.45) is 5.10 Å². The molecule has 5 nitrogen and oxygen atoms in total. The van der Waals surface area contributed by atoms with Crippen molar-refractivity contribution in [3.8, 4) is 11.4 Å². The molecule has 1 aromatic carbocycles. The molecule has 0 radical (unpaired) electrons. The predicted molar refractivity (Wildman–Crippen MR) is 86.9 cm³/mol. The Morgan fingerprint density at radius 2 is 1.86 bits per heavy atom. The van der Waals surface area contributed by atoms with E-state index < -0.39 is 0 Å². The van der Waals surface area contributed by atoms with Gasteiger partial charge in [-0.1, -0.05) is 30.3 Å². The quantitative estimate of drug-likeness (QED) is 0.587. The second kappa shape index (κ2) is 6.22. The van der Waals surface area contributed by atoms with Crippen LogP contribution in [0, 0.1) is 13.8 Å². The van der Waals surface area contributed by atoms with Crippen molar-refractivity contribution in [3.05, 3.63) is 65.7 Å². The Bertz CT molecular complexity index is 780. The van der Waals surface area contributed by atoms with Crippen LogP contribution in [-0.4, -0.2) is 16.2 Å². The first-order chi connectivity index (χ1) is 10.7. The summed E-state index contributed by atoms with van der Waals surface area (Å²) in [4.78, 5) is 9.10. The number of anilines is 1. The van der Waals surface area contributed by atoms with E-state index in [2.05, 4.69) is 20.5 Å². The van der Waals surface area contributed by atoms with E-state index in [1.54, 1.807) is 12.5 Å². The first-order valence-electron chi connectivity index (χ1n) is 6.97. The zero-order chi connectivity index (χ0) is 15.4. The van der Waals surface area contributed by atoms with Crippen molar-refractivity contribution >= 4 is 12.0 Å². The molecule has 0 aliphatic heterocycles. The molecule has 0 fully saturated rings. The zero-order valence-electron chi connectivity index (χ0n) is 12.4. The van der Waals surface area contributed by atoms with Gasteiger partial charge in [-0.25, -0.2) is 9.97 Å². The average Bonchev–Trinajstić information content (AvgIpc) is 3.05. The highest BCUT2D eigenvalue weighted by Gasteiger charge is 2.08. The second-order valence-electron chi connectivity index (χ2n) is 4.86. The third kappa shape index (κ3) is 3.03. The monoisotopic (exact) mass is 292 g/mol. The molecule has 0 bridgehead atoms. The Balaban J connectivity index is 1.89. The third-order valence-corrected chi connectivity index (χ3v) is 3.33. The molecule has 2 heterocycles. The molecule has 0 saturated heterocycles. The van der Waals surface area contributed by atoms with Crippen LogP contribution in [0.2, 0.25) is 0 Å². The molecule has 0 unspecified atom stereocenters. The van der Waals surface area contributed by atoms with Crippen LogP contribution in [0.3, 0.4) is 0 Å². The lowest BCUT2D eigenvalue weighted by Gasteiger charge is -2.09. The van der Waals surface area contributed by atoms with Crippen LogP contribution in [0.5, 0.6) is 0 Å². The lowest BCUT2D eigenvalue weighted by Crippen LogP contribution is -2.02. The number of benzene rings is 1. The van der Waals surface area contributed by atoms with Crippen LogP contribution < -0.4 is 5.43 Å². The molecule has 2 aromatic heterocycles. The van der Waals surface area contributed by atoms with Crippen molar-refractivity contribution in [1.82, 2.24) is 9.97 Å². The van der Waals surface area contributed by atoms with E-state index in [0.29, 0.717) is 17.4 Å². The van der Waals surface area contributed by atoms with Gasteiger partial charge in [-0.2, -0.15) is 5.10 Å². The van der Waals surface area contributed by atoms with E-state index >= 15 is 0 Å². The van der Waals surface area contributed by atoms with Gasteiger partial charge in [0, 0.05) is 16.8 Å². The summed E-state index contributed by atoms with van der Waals surface area (Å²) >= 11 is 0. The maximum Gasteiger partial charge on any atom is 0.161 e. The number of hydrogen-bond donors (Lipinski definition) is 1. The maximum absolute atomic E-state index is 5.20. The lowest BCUT2D eigenvalue weighted by atomic mass is 10.2. The smallest absolute Gasteiger partial charge is 0.161 e. The summed E-state index contributed by atoms with van der Waals surface area (Å²) in [5.41, 5.74) is 5.83. The fraction of sp³-hybridized carbons (Fsp3) is 0.118. The summed E-state index contributed by atoms with van der Waals surface area (Å²) in [5, 5.41) is 4.16. The Hall–Kier alpha value is -2.95. The topological polar surface area (TPSA) is 63.3 Å². The average molecular weight is 292 g/mol. The summed E-state index contributed by atoms with van der Waals surface area (Å²) in [6.07, 6.45) is 3.22. The number of hydrazone groups is 1. The molecule has 5 heteroatoms. The third-order valence-electron chi connectivity index (χ3n) is 3.33. The highest BCUT2D eigenvalue weighted by atomic mass is 16.3. The number of hydrogen-bond acceptors (Lipinski definition) is 5. The van der Waals surface area contributed by atoms with Crippen molar-refractivity contribution in [3.63, 3.8) is 0 Å². The molecule has 22 heavy (non-hydrogen) atoms. The number of rotatable bonds is 4. The standard InChI is InChI=1S/C17H16N4O/c1-12-13(2)19-17(14-7-4-3-5-8-14)20-16(12)21-18-11-15-9-6-10-22-15/h3-11H,1-2H3,(H,19,20,21)/b18-11-. The van der Waals surface area contributed by atoms with Gasteiger partial charge < -0.3 is 4.42 Å². The molecule has 0 atom stereocenters. The van der Waals surface area contributed by atoms with E-state index in [-0.39, 0.29) is 0 Å². The summed E-state index contributed by atoms with van der Waals surface area (Å²) in [6, 6.07) is 13.5. The highest BCUT2D eigenvalue weighted by Crippen LogP contribution is 2.21. The Morgan fingerprint density at radius 3 is 2.59 bits per heavy atom. The first kappa shape index (κ1) is 14.0. The zero-order valence-corrected chi connectivity index (χ0v) is 12.4. The Labute approximate surface area is 128 Å². The number of nitrogens with zero attached hydrogens (tertiary/aromatic N) is 3. The summed E-state index contributed by atoms with van der Waals surface area (Å²) in [6.45, 7) is 3.93. The molecule has 3 aromatic rings. The molecule has 3 rings (SSSR count). The van der Waals surface area contributed by atoms with E-state index in [0.717, 1.165) is 16.8 Å². The maximum atomic E-state index is 5.20. The van der Waals surface area contributed by atoms with Crippen molar-refractivity contribution < 1.29 is 4.42 Å². The van der Waals surface area contributed by atoms with E-state index in [1.807, 2.05) is 56.3 Å². The van der Waals surface area contributed by atoms with Gasteiger partial charge in [-0.05, 0) is 26.0 Å². The van der Waals surface area contributed by atoms with Gasteiger partial charge in [-0.15, -0.1) is 0 Å². The van der Waals surface area contributed by atoms with Crippen LogP contribution in [-0.2, 0) is 0 Å². The van der Waals surface area contributed by atoms with Crippen LogP contribution in [0.15, 0.2) is 58.2 Å².